The third-order valence-electron chi connectivity index (χ3n) is 4.37. The van der Waals surface area contributed by atoms with Crippen LogP contribution in [0.4, 0.5) is 10.3 Å². The number of anilines is 2. The second-order valence-electron chi connectivity index (χ2n) is 6.49. The fourth-order valence-electron chi connectivity index (χ4n) is 2.85. The Bertz CT molecular complexity index is 970. The molecule has 0 aliphatic carbocycles. The molecule has 1 aliphatic heterocycles. The number of methoxy groups -OCH3 is 1. The van der Waals surface area contributed by atoms with Crippen molar-refractivity contribution in [2.45, 2.75) is 23.3 Å². The summed E-state index contributed by atoms with van der Waals surface area (Å²) in [5.41, 5.74) is 1.79. The van der Waals surface area contributed by atoms with E-state index in [1.54, 1.807) is 7.11 Å². The van der Waals surface area contributed by atoms with E-state index in [1.165, 1.54) is 34.4 Å². The summed E-state index contributed by atoms with van der Waals surface area (Å²) in [7, 11) is 1.63. The van der Waals surface area contributed by atoms with Gasteiger partial charge in [-0.3, -0.25) is 4.79 Å². The maximum absolute atomic E-state index is 12.3. The van der Waals surface area contributed by atoms with Gasteiger partial charge in [0.25, 0.3) is 0 Å². The number of hydrogen-bond donors (Lipinski definition) is 2. The monoisotopic (exact) mass is 463 g/mol. The quantitative estimate of drug-likeness (QED) is 0.460. The smallest absolute Gasteiger partial charge is 0.236 e. The van der Waals surface area contributed by atoms with Gasteiger partial charge in [0, 0.05) is 24.1 Å². The van der Waals surface area contributed by atoms with E-state index in [1.807, 2.05) is 29.6 Å². The molecule has 11 heteroatoms. The van der Waals surface area contributed by atoms with Gasteiger partial charge in [-0.25, -0.2) is 4.98 Å². The van der Waals surface area contributed by atoms with Gasteiger partial charge in [-0.1, -0.05) is 23.1 Å². The number of thiazole rings is 1. The summed E-state index contributed by atoms with van der Waals surface area (Å²) in [6, 6.07) is 7.65. The third kappa shape index (κ3) is 5.69. The lowest BCUT2D eigenvalue weighted by atomic mass is 10.2. The molecule has 0 spiro atoms. The van der Waals surface area contributed by atoms with Crippen molar-refractivity contribution in [3.05, 3.63) is 29.6 Å². The third-order valence-corrected chi connectivity index (χ3v) is 7.15. The fourth-order valence-corrected chi connectivity index (χ4v) is 5.15. The van der Waals surface area contributed by atoms with Crippen LogP contribution >= 0.6 is 34.4 Å². The van der Waals surface area contributed by atoms with Crippen LogP contribution in [0.3, 0.4) is 0 Å². The van der Waals surface area contributed by atoms with Gasteiger partial charge in [0.2, 0.25) is 11.0 Å². The Morgan fingerprint density at radius 2 is 2.17 bits per heavy atom. The van der Waals surface area contributed by atoms with E-state index in [0.29, 0.717) is 5.13 Å². The second-order valence-corrected chi connectivity index (χ2v) is 9.55. The summed E-state index contributed by atoms with van der Waals surface area (Å²) in [5, 5.41) is 17.6. The van der Waals surface area contributed by atoms with E-state index in [-0.39, 0.29) is 17.8 Å². The molecule has 4 rings (SSSR count). The SMILES string of the molecule is COc1ccc(-c2csc(NC(=O)CSc3nnc(NC[C@H]4CCCO4)s3)n2)cc1. The number of thioether (sulfide) groups is 1. The molecule has 1 amide bonds. The molecule has 2 N–H and O–H groups in total. The Hall–Kier alpha value is -2.21. The Balaban J connectivity index is 1.23. The maximum Gasteiger partial charge on any atom is 0.236 e. The minimum Gasteiger partial charge on any atom is -0.497 e. The number of rotatable bonds is 9. The summed E-state index contributed by atoms with van der Waals surface area (Å²) in [6.45, 7) is 1.57. The predicted molar refractivity (Wildman–Crippen MR) is 121 cm³/mol. The van der Waals surface area contributed by atoms with Crippen LogP contribution in [-0.4, -0.2) is 53.2 Å². The van der Waals surface area contributed by atoms with Gasteiger partial charge in [-0.15, -0.1) is 21.5 Å². The van der Waals surface area contributed by atoms with E-state index >= 15 is 0 Å². The second kappa shape index (κ2) is 10.2. The Morgan fingerprint density at radius 3 is 2.93 bits per heavy atom. The average Bonchev–Trinajstić information content (AvgIpc) is 3.53. The van der Waals surface area contributed by atoms with E-state index in [2.05, 4.69) is 25.8 Å². The lowest BCUT2D eigenvalue weighted by Crippen LogP contribution is -2.18. The molecule has 3 heterocycles. The van der Waals surface area contributed by atoms with Crippen LogP contribution < -0.4 is 15.4 Å². The first kappa shape index (κ1) is 21.0. The highest BCUT2D eigenvalue weighted by Gasteiger charge is 2.16. The molecule has 2 aromatic heterocycles. The van der Waals surface area contributed by atoms with Crippen LogP contribution in [0, 0.1) is 0 Å². The van der Waals surface area contributed by atoms with Crippen LogP contribution in [0.1, 0.15) is 12.8 Å². The van der Waals surface area contributed by atoms with Gasteiger partial charge < -0.3 is 20.1 Å². The minimum atomic E-state index is -0.125. The van der Waals surface area contributed by atoms with Crippen molar-refractivity contribution in [3.63, 3.8) is 0 Å². The highest BCUT2D eigenvalue weighted by Crippen LogP contribution is 2.28. The number of amides is 1. The van der Waals surface area contributed by atoms with Gasteiger partial charge in [0.15, 0.2) is 9.47 Å². The molecular formula is C19H21N5O3S3. The van der Waals surface area contributed by atoms with Crippen molar-refractivity contribution in [1.82, 2.24) is 15.2 Å². The van der Waals surface area contributed by atoms with Crippen molar-refractivity contribution in [3.8, 4) is 17.0 Å². The Labute approximate surface area is 186 Å². The van der Waals surface area contributed by atoms with Gasteiger partial charge in [0.1, 0.15) is 5.75 Å². The molecule has 3 aromatic rings. The van der Waals surface area contributed by atoms with E-state index in [9.17, 15) is 4.79 Å². The normalized spacial score (nSPS) is 15.8. The first-order valence-corrected chi connectivity index (χ1v) is 12.1. The van der Waals surface area contributed by atoms with Gasteiger partial charge >= 0.3 is 0 Å². The highest BCUT2D eigenvalue weighted by molar-refractivity contribution is 8.01. The molecule has 0 unspecified atom stereocenters. The zero-order valence-electron chi connectivity index (χ0n) is 16.3. The lowest BCUT2D eigenvalue weighted by molar-refractivity contribution is -0.113. The molecule has 1 saturated heterocycles. The van der Waals surface area contributed by atoms with Gasteiger partial charge in [-0.05, 0) is 37.1 Å². The first-order valence-electron chi connectivity index (χ1n) is 9.41. The molecule has 30 heavy (non-hydrogen) atoms. The molecule has 1 fully saturated rings. The number of hydrogen-bond acceptors (Lipinski definition) is 10. The number of benzene rings is 1. The molecule has 1 aromatic carbocycles. The molecule has 158 valence electrons. The fraction of sp³-hybridized carbons (Fsp3) is 0.368. The van der Waals surface area contributed by atoms with E-state index < -0.39 is 0 Å². The van der Waals surface area contributed by atoms with Crippen LogP contribution in [0.2, 0.25) is 0 Å². The zero-order valence-corrected chi connectivity index (χ0v) is 18.7. The van der Waals surface area contributed by atoms with Crippen molar-refractivity contribution in [2.24, 2.45) is 0 Å². The maximum atomic E-state index is 12.3. The number of nitrogens with zero attached hydrogens (tertiary/aromatic N) is 3. The topological polar surface area (TPSA) is 98.3 Å². The number of ether oxygens (including phenoxy) is 2. The van der Waals surface area contributed by atoms with Crippen molar-refractivity contribution < 1.29 is 14.3 Å². The number of carbonyl (C=O) groups is 1. The summed E-state index contributed by atoms with van der Waals surface area (Å²) in [6.07, 6.45) is 2.43. The van der Waals surface area contributed by atoms with Crippen molar-refractivity contribution in [2.75, 3.05) is 36.6 Å². The molecule has 0 saturated carbocycles. The van der Waals surface area contributed by atoms with Gasteiger partial charge in [-0.2, -0.15) is 0 Å². The average molecular weight is 464 g/mol. The van der Waals surface area contributed by atoms with Crippen LogP contribution in [0.15, 0.2) is 34.0 Å². The van der Waals surface area contributed by atoms with Gasteiger partial charge in [0.05, 0.1) is 24.7 Å². The largest absolute Gasteiger partial charge is 0.497 e. The number of aromatic nitrogens is 3. The van der Waals surface area contributed by atoms with E-state index in [4.69, 9.17) is 9.47 Å². The van der Waals surface area contributed by atoms with Crippen LogP contribution in [0.25, 0.3) is 11.3 Å². The van der Waals surface area contributed by atoms with Crippen molar-refractivity contribution >= 4 is 50.6 Å². The van der Waals surface area contributed by atoms with Crippen LogP contribution in [-0.2, 0) is 9.53 Å². The number of nitrogens with one attached hydrogen (secondary N) is 2. The molecular weight excluding hydrogens is 442 g/mol. The first-order chi connectivity index (χ1) is 14.7. The Kier molecular flexibility index (Phi) is 7.16. The standard InChI is InChI=1S/C19H21N5O3S3/c1-26-13-6-4-12(5-7-13)15-10-28-18(21-15)22-16(25)11-29-19-24-23-17(30-19)20-9-14-3-2-8-27-14/h4-7,10,14H,2-3,8-9,11H2,1H3,(H,20,23)(H,21,22,25)/t14-/m1/s1. The van der Waals surface area contributed by atoms with Crippen molar-refractivity contribution in [1.29, 1.82) is 0 Å². The summed E-state index contributed by atoms with van der Waals surface area (Å²) in [4.78, 5) is 16.8. The summed E-state index contributed by atoms with van der Waals surface area (Å²) >= 11 is 4.19. The molecule has 1 aliphatic rings. The van der Waals surface area contributed by atoms with Crippen LogP contribution in [0.5, 0.6) is 5.75 Å². The molecule has 1 atom stereocenters. The molecule has 0 radical (unpaired) electrons. The minimum absolute atomic E-state index is 0.125. The molecule has 8 nitrogen and oxygen atoms in total. The highest BCUT2D eigenvalue weighted by atomic mass is 32.2. The number of carbonyl (C=O) groups excluding carboxylic acids is 1. The van der Waals surface area contributed by atoms with E-state index in [0.717, 1.165) is 52.5 Å². The lowest BCUT2D eigenvalue weighted by Gasteiger charge is -2.08. The Morgan fingerprint density at radius 1 is 1.30 bits per heavy atom. The summed E-state index contributed by atoms with van der Waals surface area (Å²) in [5.74, 6) is 0.916. The molecule has 0 bridgehead atoms. The predicted octanol–water partition coefficient (Wildman–Crippen LogP) is 3.99. The zero-order chi connectivity index (χ0) is 20.8. The summed E-state index contributed by atoms with van der Waals surface area (Å²) < 4.78 is 11.5.